The van der Waals surface area contributed by atoms with Crippen molar-refractivity contribution in [3.63, 3.8) is 0 Å². The highest BCUT2D eigenvalue weighted by molar-refractivity contribution is 7.98. The van der Waals surface area contributed by atoms with E-state index >= 15 is 0 Å². The molecule has 2 aromatic carbocycles. The minimum absolute atomic E-state index is 0.0123. The fraction of sp³-hybridized carbons (Fsp3) is 0.594. The van der Waals surface area contributed by atoms with Crippen molar-refractivity contribution in [1.29, 1.82) is 0 Å². The molecule has 200 valence electrons. The quantitative estimate of drug-likeness (QED) is 0.301. The second kappa shape index (κ2) is 10.8. The van der Waals surface area contributed by atoms with Crippen LogP contribution in [0, 0.1) is 0 Å². The Balaban J connectivity index is 2.17. The highest BCUT2D eigenvalue weighted by Gasteiger charge is 2.26. The molecule has 0 aliphatic carbocycles. The highest BCUT2D eigenvalue weighted by Crippen LogP contribution is 2.39. The van der Waals surface area contributed by atoms with E-state index in [1.54, 1.807) is 11.8 Å². The number of rotatable bonds is 6. The van der Waals surface area contributed by atoms with E-state index in [-0.39, 0.29) is 21.7 Å². The summed E-state index contributed by atoms with van der Waals surface area (Å²) in [5.74, 6) is 2.33. The van der Waals surface area contributed by atoms with Gasteiger partial charge in [-0.25, -0.2) is 0 Å². The summed E-state index contributed by atoms with van der Waals surface area (Å²) in [4.78, 5) is 4.65. The number of nitrogens with zero attached hydrogens (tertiary/aromatic N) is 1. The first kappa shape index (κ1) is 30.3. The SMILES string of the molecule is CC(C)(C)c1cc(C=NCCSCc2cc(C(C)(C)C)cc(C(C)(C)C)c2O)c(O)c(C(C)(C)C)c1. The van der Waals surface area contributed by atoms with Gasteiger partial charge in [-0.3, -0.25) is 4.99 Å². The van der Waals surface area contributed by atoms with Crippen molar-refractivity contribution in [2.24, 2.45) is 4.99 Å². The normalized spacial score (nSPS) is 13.6. The summed E-state index contributed by atoms with van der Waals surface area (Å²) in [5, 5.41) is 22.0. The van der Waals surface area contributed by atoms with Crippen molar-refractivity contribution >= 4 is 18.0 Å². The predicted octanol–water partition coefficient (Wildman–Crippen LogP) is 8.64. The Morgan fingerprint density at radius 3 is 1.61 bits per heavy atom. The third-order valence-electron chi connectivity index (χ3n) is 6.53. The third-order valence-corrected chi connectivity index (χ3v) is 7.52. The Hall–Kier alpha value is -1.94. The van der Waals surface area contributed by atoms with Gasteiger partial charge in [0.25, 0.3) is 0 Å². The standard InChI is InChI=1S/C32H49NO2S/c1-29(2,3)23-15-21(27(34)25(17-23)31(7,8)9)19-33-13-14-36-20-22-16-24(30(4,5)6)18-26(28(22)35)32(10,11)12/h15-19,34-35H,13-14,20H2,1-12H3. The molecular weight excluding hydrogens is 462 g/mol. The van der Waals surface area contributed by atoms with Crippen LogP contribution in [-0.2, 0) is 27.4 Å². The molecule has 3 nitrogen and oxygen atoms in total. The second-order valence-electron chi connectivity index (χ2n) is 14.1. The molecule has 0 aliphatic heterocycles. The van der Waals surface area contributed by atoms with Crippen LogP contribution < -0.4 is 0 Å². The zero-order chi connectivity index (χ0) is 27.7. The molecule has 0 fully saturated rings. The molecule has 4 heteroatoms. The van der Waals surface area contributed by atoms with E-state index in [1.807, 2.05) is 6.21 Å². The average Bonchev–Trinajstić information content (AvgIpc) is 2.69. The molecule has 0 unspecified atom stereocenters. The van der Waals surface area contributed by atoms with E-state index in [0.717, 1.165) is 33.8 Å². The van der Waals surface area contributed by atoms with Gasteiger partial charge < -0.3 is 10.2 Å². The molecule has 2 aromatic rings. The zero-order valence-electron chi connectivity index (χ0n) is 24.8. The van der Waals surface area contributed by atoms with E-state index in [0.29, 0.717) is 18.0 Å². The van der Waals surface area contributed by atoms with Gasteiger partial charge in [0.2, 0.25) is 0 Å². The average molecular weight is 512 g/mol. The molecule has 2 N–H and O–H groups in total. The van der Waals surface area contributed by atoms with Crippen LogP contribution in [0.15, 0.2) is 29.3 Å². The summed E-state index contributed by atoms with van der Waals surface area (Å²) in [6.07, 6.45) is 1.82. The molecule has 0 bridgehead atoms. The lowest BCUT2D eigenvalue weighted by Crippen LogP contribution is -2.17. The van der Waals surface area contributed by atoms with Gasteiger partial charge in [0.15, 0.2) is 0 Å². The largest absolute Gasteiger partial charge is 0.507 e. The van der Waals surface area contributed by atoms with Crippen LogP contribution in [0.25, 0.3) is 0 Å². The van der Waals surface area contributed by atoms with Crippen molar-refractivity contribution in [2.45, 2.75) is 110 Å². The van der Waals surface area contributed by atoms with Crippen LogP contribution in [0.3, 0.4) is 0 Å². The second-order valence-corrected chi connectivity index (χ2v) is 15.2. The number of aromatic hydroxyl groups is 2. The number of phenols is 2. The summed E-state index contributed by atoms with van der Waals surface area (Å²) in [6, 6.07) is 8.51. The molecule has 0 aliphatic rings. The minimum atomic E-state index is -0.153. The minimum Gasteiger partial charge on any atom is -0.507 e. The molecule has 0 amide bonds. The Morgan fingerprint density at radius 2 is 1.14 bits per heavy atom. The van der Waals surface area contributed by atoms with Gasteiger partial charge >= 0.3 is 0 Å². The molecule has 2 rings (SSSR count). The van der Waals surface area contributed by atoms with Crippen LogP contribution in [0.5, 0.6) is 11.5 Å². The smallest absolute Gasteiger partial charge is 0.128 e. The Kier molecular flexibility index (Phi) is 9.10. The van der Waals surface area contributed by atoms with Crippen LogP contribution in [-0.4, -0.2) is 28.7 Å². The van der Waals surface area contributed by atoms with Gasteiger partial charge in [0.1, 0.15) is 11.5 Å². The molecule has 0 heterocycles. The van der Waals surface area contributed by atoms with Gasteiger partial charge in [-0.2, -0.15) is 11.8 Å². The molecule has 36 heavy (non-hydrogen) atoms. The molecule has 0 radical (unpaired) electrons. The van der Waals surface area contributed by atoms with Crippen molar-refractivity contribution in [3.8, 4) is 11.5 Å². The lowest BCUT2D eigenvalue weighted by atomic mass is 9.79. The lowest BCUT2D eigenvalue weighted by Gasteiger charge is -2.27. The fourth-order valence-electron chi connectivity index (χ4n) is 4.03. The fourth-order valence-corrected chi connectivity index (χ4v) is 4.85. The van der Waals surface area contributed by atoms with Crippen LogP contribution in [0.2, 0.25) is 0 Å². The van der Waals surface area contributed by atoms with E-state index in [4.69, 9.17) is 0 Å². The van der Waals surface area contributed by atoms with Crippen LogP contribution in [0.4, 0.5) is 0 Å². The molecule has 0 saturated heterocycles. The first-order chi connectivity index (χ1) is 16.2. The number of hydrogen-bond donors (Lipinski definition) is 2. The van der Waals surface area contributed by atoms with Crippen molar-refractivity contribution in [1.82, 2.24) is 0 Å². The van der Waals surface area contributed by atoms with Gasteiger partial charge in [0.05, 0.1) is 0 Å². The highest BCUT2D eigenvalue weighted by atomic mass is 32.2. The zero-order valence-corrected chi connectivity index (χ0v) is 25.6. The Morgan fingerprint density at radius 1 is 0.667 bits per heavy atom. The number of phenolic OH excluding ortho intramolecular Hbond substituents is 2. The predicted molar refractivity (Wildman–Crippen MR) is 160 cm³/mol. The number of benzene rings is 2. The summed E-state index contributed by atoms with van der Waals surface area (Å²) in [5.41, 5.74) is 5.92. The maximum atomic E-state index is 11.0. The van der Waals surface area contributed by atoms with Crippen molar-refractivity contribution in [2.75, 3.05) is 12.3 Å². The van der Waals surface area contributed by atoms with Gasteiger partial charge in [-0.15, -0.1) is 0 Å². The van der Waals surface area contributed by atoms with Crippen molar-refractivity contribution < 1.29 is 10.2 Å². The van der Waals surface area contributed by atoms with Crippen molar-refractivity contribution in [3.05, 3.63) is 57.6 Å². The monoisotopic (exact) mass is 511 g/mol. The van der Waals surface area contributed by atoms with Gasteiger partial charge in [0, 0.05) is 41.0 Å². The maximum absolute atomic E-state index is 11.0. The topological polar surface area (TPSA) is 52.8 Å². The number of hydrogen-bond acceptors (Lipinski definition) is 4. The molecule has 0 spiro atoms. The maximum Gasteiger partial charge on any atom is 0.128 e. The summed E-state index contributed by atoms with van der Waals surface area (Å²) < 4.78 is 0. The number of aliphatic imine (C=N–C) groups is 1. The first-order valence-electron chi connectivity index (χ1n) is 13.1. The third kappa shape index (κ3) is 7.78. The summed E-state index contributed by atoms with van der Waals surface area (Å²) in [6.45, 7) is 26.7. The molecular formula is C32H49NO2S. The van der Waals surface area contributed by atoms with Gasteiger partial charge in [-0.1, -0.05) is 101 Å². The van der Waals surface area contributed by atoms with Gasteiger partial charge in [-0.05, 0) is 44.4 Å². The first-order valence-corrected chi connectivity index (χ1v) is 14.2. The molecule has 0 saturated carbocycles. The molecule has 0 aromatic heterocycles. The summed E-state index contributed by atoms with van der Waals surface area (Å²) in [7, 11) is 0. The molecule has 0 atom stereocenters. The Labute approximate surface area is 224 Å². The van der Waals surface area contributed by atoms with Crippen LogP contribution in [0.1, 0.15) is 116 Å². The van der Waals surface area contributed by atoms with E-state index in [1.165, 1.54) is 11.1 Å². The van der Waals surface area contributed by atoms with E-state index in [2.05, 4.69) is 112 Å². The van der Waals surface area contributed by atoms with Crippen LogP contribution >= 0.6 is 11.8 Å². The Bertz CT molecular complexity index is 1090. The number of thioether (sulfide) groups is 1. The van der Waals surface area contributed by atoms with E-state index in [9.17, 15) is 10.2 Å². The lowest BCUT2D eigenvalue weighted by molar-refractivity contribution is 0.440. The summed E-state index contributed by atoms with van der Waals surface area (Å²) >= 11 is 1.78. The van der Waals surface area contributed by atoms with E-state index < -0.39 is 0 Å².